The first-order valence-corrected chi connectivity index (χ1v) is 10.3. The molecule has 0 bridgehead atoms. The minimum Gasteiger partial charge on any atom is -0.469 e. The van der Waals surface area contributed by atoms with Gasteiger partial charge in [0, 0.05) is 31.0 Å². The lowest BCUT2D eigenvalue weighted by Gasteiger charge is -2.35. The van der Waals surface area contributed by atoms with Crippen molar-refractivity contribution in [2.45, 2.75) is 76.4 Å². The van der Waals surface area contributed by atoms with Gasteiger partial charge in [-0.3, -0.25) is 0 Å². The predicted octanol–water partition coefficient (Wildman–Crippen LogP) is 3.69. The molecule has 2 aromatic heterocycles. The van der Waals surface area contributed by atoms with E-state index in [0.717, 1.165) is 48.8 Å². The van der Waals surface area contributed by atoms with Crippen molar-refractivity contribution < 1.29 is 9.21 Å². The highest BCUT2D eigenvalue weighted by atomic mass is 16.3. The van der Waals surface area contributed by atoms with Gasteiger partial charge in [0.1, 0.15) is 11.6 Å². The van der Waals surface area contributed by atoms with E-state index >= 15 is 0 Å². The van der Waals surface area contributed by atoms with Gasteiger partial charge in [-0.2, -0.15) is 0 Å². The fourth-order valence-corrected chi connectivity index (χ4v) is 5.04. The number of rotatable bonds is 2. The van der Waals surface area contributed by atoms with Gasteiger partial charge in [-0.1, -0.05) is 12.8 Å². The van der Waals surface area contributed by atoms with Gasteiger partial charge < -0.3 is 19.2 Å². The summed E-state index contributed by atoms with van der Waals surface area (Å²) in [4.78, 5) is 14.9. The summed E-state index contributed by atoms with van der Waals surface area (Å²) in [6.07, 6.45) is 9.69. The van der Waals surface area contributed by atoms with Gasteiger partial charge >= 0.3 is 6.03 Å². The fraction of sp³-hybridized carbons (Fsp3) is 0.650. The maximum absolute atomic E-state index is 13.0. The predicted molar refractivity (Wildman–Crippen MR) is 99.3 cm³/mol. The zero-order valence-electron chi connectivity index (χ0n) is 15.9. The number of furan rings is 1. The first-order valence-electron chi connectivity index (χ1n) is 10.3. The number of nitrogens with zero attached hydrogens (tertiary/aromatic N) is 4. The Balaban J connectivity index is 1.32. The Morgan fingerprint density at radius 1 is 1.15 bits per heavy atom. The fourth-order valence-electron chi connectivity index (χ4n) is 5.04. The second kappa shape index (κ2) is 6.69. The Morgan fingerprint density at radius 2 is 1.96 bits per heavy atom. The number of aryl methyl sites for hydroxylation is 1. The number of hydrogen-bond acceptors (Lipinski definition) is 4. The Kier molecular flexibility index (Phi) is 4.17. The van der Waals surface area contributed by atoms with E-state index in [9.17, 15) is 4.79 Å². The molecule has 3 heterocycles. The maximum Gasteiger partial charge on any atom is 0.318 e. The van der Waals surface area contributed by atoms with Crippen LogP contribution in [0.3, 0.4) is 0 Å². The highest BCUT2D eigenvalue weighted by Crippen LogP contribution is 2.36. The lowest BCUT2D eigenvalue weighted by molar-refractivity contribution is 0.154. The molecule has 1 aliphatic heterocycles. The first-order chi connectivity index (χ1) is 13.2. The molecule has 7 nitrogen and oxygen atoms in total. The molecule has 0 saturated heterocycles. The Morgan fingerprint density at radius 3 is 2.81 bits per heavy atom. The van der Waals surface area contributed by atoms with E-state index in [1.54, 1.807) is 6.26 Å². The number of hydrogen-bond donors (Lipinski definition) is 1. The number of amides is 2. The Labute approximate surface area is 159 Å². The summed E-state index contributed by atoms with van der Waals surface area (Å²) < 4.78 is 7.81. The average Bonchev–Trinajstić information content (AvgIpc) is 3.41. The molecule has 27 heavy (non-hydrogen) atoms. The molecule has 2 aromatic rings. The summed E-state index contributed by atoms with van der Waals surface area (Å²) >= 11 is 0. The van der Waals surface area contributed by atoms with Gasteiger partial charge in [-0.25, -0.2) is 4.79 Å². The summed E-state index contributed by atoms with van der Waals surface area (Å²) in [5.41, 5.74) is 1.13. The lowest BCUT2D eigenvalue weighted by atomic mass is 9.93. The molecule has 5 rings (SSSR count). The number of aromatic nitrogens is 3. The average molecular weight is 369 g/mol. The van der Waals surface area contributed by atoms with E-state index < -0.39 is 0 Å². The highest BCUT2D eigenvalue weighted by molar-refractivity contribution is 5.75. The third-order valence-corrected chi connectivity index (χ3v) is 6.54. The topological polar surface area (TPSA) is 76.2 Å². The molecule has 2 aliphatic carbocycles. The van der Waals surface area contributed by atoms with Crippen LogP contribution in [0.2, 0.25) is 0 Å². The van der Waals surface area contributed by atoms with E-state index in [0.29, 0.717) is 12.5 Å². The quantitative estimate of drug-likeness (QED) is 0.876. The molecule has 1 fully saturated rings. The molecule has 0 aromatic carbocycles. The first kappa shape index (κ1) is 16.8. The summed E-state index contributed by atoms with van der Waals surface area (Å²) in [7, 11) is 0. The van der Waals surface area contributed by atoms with Gasteiger partial charge in [0.05, 0.1) is 18.3 Å². The zero-order chi connectivity index (χ0) is 18.4. The molecule has 0 spiro atoms. The van der Waals surface area contributed by atoms with Crippen LogP contribution in [0.5, 0.6) is 0 Å². The van der Waals surface area contributed by atoms with E-state index in [1.165, 1.54) is 25.7 Å². The van der Waals surface area contributed by atoms with Crippen molar-refractivity contribution in [3.8, 4) is 0 Å². The van der Waals surface area contributed by atoms with Gasteiger partial charge in [0.15, 0.2) is 5.82 Å². The summed E-state index contributed by atoms with van der Waals surface area (Å²) in [6.45, 7) is 3.54. The summed E-state index contributed by atoms with van der Waals surface area (Å²) in [6, 6.07) is 1.96. The number of nitrogens with one attached hydrogen (secondary N) is 1. The SMILES string of the molecule is CC1c2nnc(C3CCCC3)n2CCN1C(=O)NC1CCCc2occc21. The standard InChI is InChI=1S/C20H27N5O2/c1-13-18-22-23-19(14-5-2-3-6-14)25(18)11-10-24(13)20(26)21-16-7-4-8-17-15(16)9-12-27-17/h9,12-14,16H,2-8,10-11H2,1H3,(H,21,26). The van der Waals surface area contributed by atoms with Crippen LogP contribution in [0.25, 0.3) is 0 Å². The van der Waals surface area contributed by atoms with Crippen LogP contribution in [0.15, 0.2) is 16.7 Å². The van der Waals surface area contributed by atoms with Crippen molar-refractivity contribution in [2.75, 3.05) is 6.54 Å². The van der Waals surface area contributed by atoms with Gasteiger partial charge in [-0.05, 0) is 38.7 Å². The van der Waals surface area contributed by atoms with Crippen molar-refractivity contribution in [1.82, 2.24) is 25.0 Å². The minimum atomic E-state index is -0.0613. The van der Waals surface area contributed by atoms with E-state index in [1.807, 2.05) is 11.0 Å². The minimum absolute atomic E-state index is 0.0155. The second-order valence-electron chi connectivity index (χ2n) is 8.11. The number of urea groups is 1. The van der Waals surface area contributed by atoms with Gasteiger partial charge in [0.2, 0.25) is 0 Å². The van der Waals surface area contributed by atoms with E-state index in [2.05, 4.69) is 27.0 Å². The molecule has 2 amide bonds. The molecule has 3 aliphatic rings. The number of fused-ring (bicyclic) bond motifs is 2. The van der Waals surface area contributed by atoms with Gasteiger partial charge in [0.25, 0.3) is 0 Å². The molecule has 7 heteroatoms. The molecular formula is C20H27N5O2. The summed E-state index contributed by atoms with van der Waals surface area (Å²) in [5.74, 6) is 3.61. The monoisotopic (exact) mass is 369 g/mol. The van der Waals surface area contributed by atoms with Crippen LogP contribution in [-0.2, 0) is 13.0 Å². The smallest absolute Gasteiger partial charge is 0.318 e. The molecule has 1 N–H and O–H groups in total. The third-order valence-electron chi connectivity index (χ3n) is 6.54. The number of carbonyl (C=O) groups is 1. The molecule has 0 radical (unpaired) electrons. The van der Waals surface area contributed by atoms with Crippen LogP contribution in [0, 0.1) is 0 Å². The van der Waals surface area contributed by atoms with Crippen molar-refractivity contribution in [2.24, 2.45) is 0 Å². The normalized spacial score (nSPS) is 25.3. The second-order valence-corrected chi connectivity index (χ2v) is 8.11. The van der Waals surface area contributed by atoms with Crippen molar-refractivity contribution in [3.05, 3.63) is 35.3 Å². The molecular weight excluding hydrogens is 342 g/mol. The van der Waals surface area contributed by atoms with Crippen molar-refractivity contribution in [1.29, 1.82) is 0 Å². The molecule has 144 valence electrons. The van der Waals surface area contributed by atoms with Crippen LogP contribution in [0.1, 0.15) is 86.4 Å². The number of carbonyl (C=O) groups excluding carboxylic acids is 1. The van der Waals surface area contributed by atoms with Crippen molar-refractivity contribution >= 4 is 6.03 Å². The lowest BCUT2D eigenvalue weighted by Crippen LogP contribution is -2.47. The largest absolute Gasteiger partial charge is 0.469 e. The van der Waals surface area contributed by atoms with E-state index in [4.69, 9.17) is 4.42 Å². The Bertz CT molecular complexity index is 835. The van der Waals surface area contributed by atoms with Crippen LogP contribution < -0.4 is 5.32 Å². The maximum atomic E-state index is 13.0. The third kappa shape index (κ3) is 2.84. The van der Waals surface area contributed by atoms with E-state index in [-0.39, 0.29) is 18.1 Å². The van der Waals surface area contributed by atoms with Crippen LogP contribution in [0.4, 0.5) is 4.79 Å². The van der Waals surface area contributed by atoms with Crippen LogP contribution >= 0.6 is 0 Å². The summed E-state index contributed by atoms with van der Waals surface area (Å²) in [5, 5.41) is 12.2. The highest BCUT2D eigenvalue weighted by Gasteiger charge is 2.35. The van der Waals surface area contributed by atoms with Gasteiger partial charge in [-0.15, -0.1) is 10.2 Å². The molecule has 2 unspecified atom stereocenters. The zero-order valence-corrected chi connectivity index (χ0v) is 15.9. The Hall–Kier alpha value is -2.31. The molecule has 2 atom stereocenters. The van der Waals surface area contributed by atoms with Crippen molar-refractivity contribution in [3.63, 3.8) is 0 Å². The van der Waals surface area contributed by atoms with Crippen LogP contribution in [-0.4, -0.2) is 32.2 Å². The molecule has 1 saturated carbocycles.